The fourth-order valence-electron chi connectivity index (χ4n) is 6.48. The molecule has 0 unspecified atom stereocenters. The summed E-state index contributed by atoms with van der Waals surface area (Å²) in [4.78, 5) is 6.17. The third kappa shape index (κ3) is 4.72. The molecule has 0 aliphatic heterocycles. The Kier molecular flexibility index (Phi) is 7.62. The quantitative estimate of drug-likeness (QED) is 0.165. The number of nitriles is 4. The Hall–Kier alpha value is -4.20. The third-order valence-electron chi connectivity index (χ3n) is 8.38. The standard InChI is InChI=1S/C34H22N4O2S5/c1-39-23-10-20(8-18(14-35)15-36)41-29(23)22-12-25-28(34(22)6-4-3-5-7-34)32-33(43-25)31-27(45-32)13-26(44-31)30-24(40-2)11-21(42-30)9-19(16-37)17-38/h8-13H,3-7H2,1-2H3. The molecule has 45 heavy (non-hydrogen) atoms. The molecule has 0 amide bonds. The molecule has 1 spiro atoms. The molecule has 0 saturated heterocycles. The number of rotatable bonds is 6. The molecule has 5 aromatic heterocycles. The van der Waals surface area contributed by atoms with Crippen LogP contribution in [0.5, 0.6) is 11.5 Å². The second-order valence-electron chi connectivity index (χ2n) is 10.8. The van der Waals surface area contributed by atoms with Crippen molar-refractivity contribution in [3.8, 4) is 45.5 Å². The number of thiophene rings is 5. The summed E-state index contributed by atoms with van der Waals surface area (Å²) >= 11 is 8.62. The summed E-state index contributed by atoms with van der Waals surface area (Å²) in [6.07, 6.45) is 11.4. The van der Waals surface area contributed by atoms with Gasteiger partial charge in [-0.2, -0.15) is 21.0 Å². The summed E-state index contributed by atoms with van der Waals surface area (Å²) < 4.78 is 16.8. The maximum absolute atomic E-state index is 9.32. The average Bonchev–Trinajstić information content (AvgIpc) is 3.89. The van der Waals surface area contributed by atoms with Crippen molar-refractivity contribution in [2.24, 2.45) is 0 Å². The van der Waals surface area contributed by atoms with Crippen molar-refractivity contribution < 1.29 is 9.47 Å². The molecule has 5 heterocycles. The van der Waals surface area contributed by atoms with E-state index >= 15 is 0 Å². The van der Waals surface area contributed by atoms with Crippen LogP contribution in [-0.4, -0.2) is 14.2 Å². The number of nitrogens with zero attached hydrogens (tertiary/aromatic N) is 4. The lowest BCUT2D eigenvalue weighted by Crippen LogP contribution is -2.28. The summed E-state index contributed by atoms with van der Waals surface area (Å²) in [5.41, 5.74) is 2.82. The van der Waals surface area contributed by atoms with E-state index in [0.29, 0.717) is 0 Å². The van der Waals surface area contributed by atoms with E-state index in [1.165, 1.54) is 65.4 Å². The average molecular weight is 679 g/mol. The van der Waals surface area contributed by atoms with Gasteiger partial charge in [-0.15, -0.1) is 56.7 Å². The second kappa shape index (κ2) is 11.6. The number of fused-ring (bicyclic) bond motifs is 6. The predicted molar refractivity (Wildman–Crippen MR) is 187 cm³/mol. The first-order valence-electron chi connectivity index (χ1n) is 14.1. The van der Waals surface area contributed by atoms with Crippen LogP contribution in [0.2, 0.25) is 0 Å². The van der Waals surface area contributed by atoms with Crippen LogP contribution >= 0.6 is 56.7 Å². The first-order chi connectivity index (χ1) is 22.0. The Bertz CT molecular complexity index is 2250. The molecule has 1 saturated carbocycles. The van der Waals surface area contributed by atoms with Crippen molar-refractivity contribution in [3.63, 3.8) is 0 Å². The zero-order chi connectivity index (χ0) is 31.3. The van der Waals surface area contributed by atoms with Crippen LogP contribution in [0.4, 0.5) is 0 Å². The number of hydrogen-bond acceptors (Lipinski definition) is 11. The van der Waals surface area contributed by atoms with Gasteiger partial charge in [0.1, 0.15) is 46.9 Å². The van der Waals surface area contributed by atoms with Gasteiger partial charge >= 0.3 is 0 Å². The Morgan fingerprint density at radius 2 is 1.31 bits per heavy atom. The molecular formula is C34H22N4O2S5. The SMILES string of the molecule is COc1cc(C=C(C#N)C#N)sc1C1=Cc2sc3c(sc4cc(-c5sc(C=C(C#N)C#N)cc5OC)sc43)c2C12CCCCC2. The van der Waals surface area contributed by atoms with Crippen LogP contribution in [0.3, 0.4) is 0 Å². The number of ether oxygens (including phenoxy) is 2. The summed E-state index contributed by atoms with van der Waals surface area (Å²) in [5, 5.41) is 37.1. The van der Waals surface area contributed by atoms with Gasteiger partial charge < -0.3 is 9.47 Å². The maximum atomic E-state index is 9.32. The van der Waals surface area contributed by atoms with E-state index in [0.717, 1.165) is 48.7 Å². The molecule has 2 aliphatic carbocycles. The minimum atomic E-state index is -0.0918. The highest BCUT2D eigenvalue weighted by atomic mass is 32.1. The Labute approximate surface area is 279 Å². The molecule has 220 valence electrons. The van der Waals surface area contributed by atoms with Crippen molar-refractivity contribution in [3.05, 3.63) is 54.4 Å². The van der Waals surface area contributed by atoms with Crippen LogP contribution < -0.4 is 9.47 Å². The first-order valence-corrected chi connectivity index (χ1v) is 18.2. The maximum Gasteiger partial charge on any atom is 0.138 e. The minimum Gasteiger partial charge on any atom is -0.495 e. The topological polar surface area (TPSA) is 114 Å². The van der Waals surface area contributed by atoms with Crippen LogP contribution in [-0.2, 0) is 5.41 Å². The lowest BCUT2D eigenvalue weighted by atomic mass is 9.67. The van der Waals surface area contributed by atoms with Gasteiger partial charge in [-0.1, -0.05) is 19.3 Å². The molecular weight excluding hydrogens is 657 g/mol. The second-order valence-corrected chi connectivity index (χ2v) is 16.1. The molecule has 2 aliphatic rings. The highest BCUT2D eigenvalue weighted by Crippen LogP contribution is 2.63. The molecule has 0 bridgehead atoms. The minimum absolute atomic E-state index is 0.0680. The van der Waals surface area contributed by atoms with Gasteiger partial charge in [-0.25, -0.2) is 0 Å². The van der Waals surface area contributed by atoms with Gasteiger partial charge in [-0.05, 0) is 60.4 Å². The van der Waals surface area contributed by atoms with Crippen LogP contribution in [0.1, 0.15) is 57.2 Å². The molecule has 6 nitrogen and oxygen atoms in total. The summed E-state index contributed by atoms with van der Waals surface area (Å²) in [6, 6.07) is 13.9. The Morgan fingerprint density at radius 1 is 0.711 bits per heavy atom. The van der Waals surface area contributed by atoms with Crippen LogP contribution in [0.15, 0.2) is 29.3 Å². The zero-order valence-electron chi connectivity index (χ0n) is 24.1. The molecule has 5 aromatic rings. The highest BCUT2D eigenvalue weighted by Gasteiger charge is 2.47. The van der Waals surface area contributed by atoms with E-state index in [1.807, 2.05) is 59.1 Å². The zero-order valence-corrected chi connectivity index (χ0v) is 28.2. The largest absolute Gasteiger partial charge is 0.495 e. The Balaban J connectivity index is 1.35. The van der Waals surface area contributed by atoms with Crippen LogP contribution in [0, 0.1) is 45.3 Å². The fraction of sp³-hybridized carbons (Fsp3) is 0.235. The van der Waals surface area contributed by atoms with Gasteiger partial charge in [0, 0.05) is 24.7 Å². The van der Waals surface area contributed by atoms with Gasteiger partial charge in [-0.3, -0.25) is 0 Å². The summed E-state index contributed by atoms with van der Waals surface area (Å²) in [6.45, 7) is 0. The lowest BCUT2D eigenvalue weighted by molar-refractivity contribution is 0.373. The van der Waals surface area contributed by atoms with E-state index in [9.17, 15) is 21.0 Å². The van der Waals surface area contributed by atoms with E-state index in [1.54, 1.807) is 49.0 Å². The third-order valence-corrected chi connectivity index (χ3v) is 14.6. The monoisotopic (exact) mass is 678 g/mol. The van der Waals surface area contributed by atoms with Crippen molar-refractivity contribution >= 4 is 99.3 Å². The van der Waals surface area contributed by atoms with Crippen molar-refractivity contribution in [2.45, 2.75) is 37.5 Å². The van der Waals surface area contributed by atoms with Crippen LogP contribution in [0.25, 0.3) is 52.4 Å². The Morgan fingerprint density at radius 3 is 1.91 bits per heavy atom. The predicted octanol–water partition coefficient (Wildman–Crippen LogP) is 10.6. The number of allylic oxidation sites excluding steroid dienone is 3. The molecule has 0 radical (unpaired) electrons. The van der Waals surface area contributed by atoms with Gasteiger partial charge in [0.05, 0.1) is 43.0 Å². The normalized spacial score (nSPS) is 14.7. The van der Waals surface area contributed by atoms with Gasteiger partial charge in [0.2, 0.25) is 0 Å². The van der Waals surface area contributed by atoms with E-state index in [-0.39, 0.29) is 16.6 Å². The molecule has 0 N–H and O–H groups in total. The summed E-state index contributed by atoms with van der Waals surface area (Å²) in [5.74, 6) is 1.53. The number of hydrogen-bond donors (Lipinski definition) is 0. The molecule has 1 fully saturated rings. The van der Waals surface area contributed by atoms with E-state index < -0.39 is 0 Å². The van der Waals surface area contributed by atoms with E-state index in [2.05, 4.69) is 12.1 Å². The first kappa shape index (κ1) is 29.5. The summed E-state index contributed by atoms with van der Waals surface area (Å²) in [7, 11) is 3.33. The van der Waals surface area contributed by atoms with Gasteiger partial charge in [0.25, 0.3) is 0 Å². The smallest absolute Gasteiger partial charge is 0.138 e. The lowest BCUT2D eigenvalue weighted by Gasteiger charge is -2.37. The fourth-order valence-corrected chi connectivity index (χ4v) is 13.2. The van der Waals surface area contributed by atoms with E-state index in [4.69, 9.17) is 9.47 Å². The molecule has 7 rings (SSSR count). The van der Waals surface area contributed by atoms with Gasteiger partial charge in [0.15, 0.2) is 0 Å². The van der Waals surface area contributed by atoms with Crippen molar-refractivity contribution in [1.82, 2.24) is 0 Å². The highest BCUT2D eigenvalue weighted by molar-refractivity contribution is 7.40. The van der Waals surface area contributed by atoms with Crippen molar-refractivity contribution in [2.75, 3.05) is 14.2 Å². The molecule has 11 heteroatoms. The number of methoxy groups -OCH3 is 2. The molecule has 0 atom stereocenters. The molecule has 0 aromatic carbocycles. The van der Waals surface area contributed by atoms with Crippen molar-refractivity contribution in [1.29, 1.82) is 21.0 Å².